The first-order chi connectivity index (χ1) is 6.91. The van der Waals surface area contributed by atoms with Crippen LogP contribution in [0, 0.1) is 22.9 Å². The number of primary amides is 1. The van der Waals surface area contributed by atoms with Crippen LogP contribution in [0.5, 0.6) is 0 Å². The molecular formula is C9H9FN2O3. The van der Waals surface area contributed by atoms with Crippen molar-refractivity contribution in [2.24, 2.45) is 5.73 Å². The van der Waals surface area contributed by atoms with E-state index < -0.39 is 22.3 Å². The van der Waals surface area contributed by atoms with Crippen LogP contribution in [-0.4, -0.2) is 10.8 Å². The summed E-state index contributed by atoms with van der Waals surface area (Å²) < 4.78 is 13.1. The highest BCUT2D eigenvalue weighted by Crippen LogP contribution is 2.21. The van der Waals surface area contributed by atoms with E-state index >= 15 is 0 Å². The van der Waals surface area contributed by atoms with Gasteiger partial charge >= 0.3 is 5.69 Å². The summed E-state index contributed by atoms with van der Waals surface area (Å²) in [5.41, 5.74) is 5.19. The molecule has 1 rings (SSSR count). The number of carbonyl (C=O) groups is 1. The Kier molecular flexibility index (Phi) is 2.99. The Morgan fingerprint density at radius 2 is 2.20 bits per heavy atom. The van der Waals surface area contributed by atoms with Gasteiger partial charge in [0.05, 0.1) is 11.3 Å². The first kappa shape index (κ1) is 11.1. The van der Waals surface area contributed by atoms with E-state index in [0.717, 1.165) is 12.1 Å². The molecule has 0 heterocycles. The van der Waals surface area contributed by atoms with E-state index in [1.54, 1.807) is 6.92 Å². The predicted octanol–water partition coefficient (Wildman–Crippen LogP) is 1.07. The van der Waals surface area contributed by atoms with Crippen LogP contribution in [-0.2, 0) is 11.2 Å². The van der Waals surface area contributed by atoms with Crippen LogP contribution in [0.4, 0.5) is 10.1 Å². The minimum atomic E-state index is -0.957. The van der Waals surface area contributed by atoms with Gasteiger partial charge in [-0.25, -0.2) is 0 Å². The molecule has 6 heteroatoms. The minimum absolute atomic E-state index is 0.124. The molecule has 0 aliphatic heterocycles. The van der Waals surface area contributed by atoms with E-state index in [1.165, 1.54) is 0 Å². The number of hydrogen-bond donors (Lipinski definition) is 1. The van der Waals surface area contributed by atoms with Gasteiger partial charge in [0.15, 0.2) is 0 Å². The van der Waals surface area contributed by atoms with Crippen LogP contribution >= 0.6 is 0 Å². The molecule has 80 valence electrons. The molecule has 0 bridgehead atoms. The van der Waals surface area contributed by atoms with Crippen LogP contribution in [0.25, 0.3) is 0 Å². The summed E-state index contributed by atoms with van der Waals surface area (Å²) in [6.45, 7) is 1.56. The van der Waals surface area contributed by atoms with Crippen molar-refractivity contribution in [1.82, 2.24) is 0 Å². The molecule has 0 spiro atoms. The summed E-state index contributed by atoms with van der Waals surface area (Å²) in [6.07, 6.45) is -0.124. The number of hydrogen-bond acceptors (Lipinski definition) is 3. The fraction of sp³-hybridized carbons (Fsp3) is 0.222. The number of aryl methyl sites for hydroxylation is 1. The smallest absolute Gasteiger partial charge is 0.305 e. The lowest BCUT2D eigenvalue weighted by molar-refractivity contribution is -0.387. The molecule has 0 fully saturated rings. The van der Waals surface area contributed by atoms with Gasteiger partial charge in [-0.05, 0) is 24.1 Å². The second-order valence-corrected chi connectivity index (χ2v) is 3.13. The first-order valence-corrected chi connectivity index (χ1v) is 4.13. The SMILES string of the molecule is Cc1cc([N+](=O)[O-])c(F)cc1CC(N)=O. The fourth-order valence-electron chi connectivity index (χ4n) is 1.23. The molecular weight excluding hydrogens is 203 g/mol. The number of nitrogens with two attached hydrogens (primary N) is 1. The van der Waals surface area contributed by atoms with Crippen LogP contribution in [0.15, 0.2) is 12.1 Å². The maximum atomic E-state index is 13.1. The number of halogens is 1. The van der Waals surface area contributed by atoms with Crippen LogP contribution in [0.1, 0.15) is 11.1 Å². The molecule has 0 atom stereocenters. The zero-order valence-electron chi connectivity index (χ0n) is 7.99. The number of carbonyl (C=O) groups excluding carboxylic acids is 1. The number of nitro benzene ring substituents is 1. The average molecular weight is 212 g/mol. The highest BCUT2D eigenvalue weighted by Gasteiger charge is 2.16. The van der Waals surface area contributed by atoms with Gasteiger partial charge in [0.2, 0.25) is 11.7 Å². The number of benzene rings is 1. The Morgan fingerprint density at radius 3 is 2.67 bits per heavy atom. The molecule has 0 unspecified atom stereocenters. The third-order valence-corrected chi connectivity index (χ3v) is 1.97. The zero-order chi connectivity index (χ0) is 11.6. The van der Waals surface area contributed by atoms with Gasteiger partial charge in [0.1, 0.15) is 0 Å². The lowest BCUT2D eigenvalue weighted by atomic mass is 10.0. The van der Waals surface area contributed by atoms with Gasteiger partial charge in [-0.1, -0.05) is 0 Å². The van der Waals surface area contributed by atoms with Gasteiger partial charge in [-0.15, -0.1) is 0 Å². The molecule has 1 amide bonds. The van der Waals surface area contributed by atoms with Crippen molar-refractivity contribution in [3.63, 3.8) is 0 Å². The van der Waals surface area contributed by atoms with Crippen LogP contribution in [0.3, 0.4) is 0 Å². The topological polar surface area (TPSA) is 86.2 Å². The van der Waals surface area contributed by atoms with E-state index in [0.29, 0.717) is 11.1 Å². The molecule has 1 aromatic carbocycles. The van der Waals surface area contributed by atoms with E-state index in [1.807, 2.05) is 0 Å². The quantitative estimate of drug-likeness (QED) is 0.600. The Hall–Kier alpha value is -1.98. The Morgan fingerprint density at radius 1 is 1.60 bits per heavy atom. The highest BCUT2D eigenvalue weighted by molar-refractivity contribution is 5.77. The molecule has 0 saturated carbocycles. The number of rotatable bonds is 3. The lowest BCUT2D eigenvalue weighted by Gasteiger charge is -2.03. The first-order valence-electron chi connectivity index (χ1n) is 4.13. The molecule has 2 N–H and O–H groups in total. The van der Waals surface area contributed by atoms with Gasteiger partial charge in [-0.2, -0.15) is 4.39 Å². The van der Waals surface area contributed by atoms with Gasteiger partial charge in [0, 0.05) is 6.07 Å². The summed E-state index contributed by atoms with van der Waals surface area (Å²) in [4.78, 5) is 20.2. The number of amides is 1. The third kappa shape index (κ3) is 2.49. The number of nitro groups is 1. The highest BCUT2D eigenvalue weighted by atomic mass is 19.1. The maximum absolute atomic E-state index is 13.1. The summed E-state index contributed by atoms with van der Waals surface area (Å²) in [5.74, 6) is -1.56. The Labute approximate surface area is 84.8 Å². The third-order valence-electron chi connectivity index (χ3n) is 1.97. The molecule has 1 aromatic rings. The molecule has 0 aliphatic carbocycles. The second kappa shape index (κ2) is 4.04. The van der Waals surface area contributed by atoms with Crippen LogP contribution < -0.4 is 5.73 Å². The molecule has 0 aliphatic rings. The molecule has 5 nitrogen and oxygen atoms in total. The fourth-order valence-corrected chi connectivity index (χ4v) is 1.23. The van der Waals surface area contributed by atoms with Crippen molar-refractivity contribution in [3.05, 3.63) is 39.2 Å². The number of nitrogens with zero attached hydrogens (tertiary/aromatic N) is 1. The zero-order valence-corrected chi connectivity index (χ0v) is 7.99. The molecule has 0 aromatic heterocycles. The summed E-state index contributed by atoms with van der Waals surface area (Å²) in [5, 5.41) is 10.4. The predicted molar refractivity (Wildman–Crippen MR) is 50.7 cm³/mol. The van der Waals surface area contributed by atoms with E-state index in [4.69, 9.17) is 5.73 Å². The van der Waals surface area contributed by atoms with Crippen molar-refractivity contribution >= 4 is 11.6 Å². The second-order valence-electron chi connectivity index (χ2n) is 3.13. The van der Waals surface area contributed by atoms with Crippen molar-refractivity contribution in [2.75, 3.05) is 0 Å². The average Bonchev–Trinajstić information content (AvgIpc) is 2.09. The van der Waals surface area contributed by atoms with E-state index in [2.05, 4.69) is 0 Å². The summed E-state index contributed by atoms with van der Waals surface area (Å²) in [6, 6.07) is 2.06. The van der Waals surface area contributed by atoms with E-state index in [-0.39, 0.29) is 6.42 Å². The van der Waals surface area contributed by atoms with Gasteiger partial charge in [0.25, 0.3) is 0 Å². The van der Waals surface area contributed by atoms with Crippen molar-refractivity contribution < 1.29 is 14.1 Å². The van der Waals surface area contributed by atoms with Crippen molar-refractivity contribution in [3.8, 4) is 0 Å². The van der Waals surface area contributed by atoms with Crippen LogP contribution in [0.2, 0.25) is 0 Å². The van der Waals surface area contributed by atoms with Gasteiger partial charge in [-0.3, -0.25) is 14.9 Å². The Bertz CT molecular complexity index is 432. The summed E-state index contributed by atoms with van der Waals surface area (Å²) in [7, 11) is 0. The molecule has 15 heavy (non-hydrogen) atoms. The Balaban J connectivity index is 3.19. The molecule has 0 radical (unpaired) electrons. The van der Waals surface area contributed by atoms with Crippen molar-refractivity contribution in [1.29, 1.82) is 0 Å². The largest absolute Gasteiger partial charge is 0.369 e. The normalized spacial score (nSPS) is 10.0. The van der Waals surface area contributed by atoms with Crippen molar-refractivity contribution in [2.45, 2.75) is 13.3 Å². The maximum Gasteiger partial charge on any atom is 0.305 e. The lowest BCUT2D eigenvalue weighted by Crippen LogP contribution is -2.14. The molecule has 0 saturated heterocycles. The monoisotopic (exact) mass is 212 g/mol. The minimum Gasteiger partial charge on any atom is -0.369 e. The summed E-state index contributed by atoms with van der Waals surface area (Å²) >= 11 is 0. The van der Waals surface area contributed by atoms with Gasteiger partial charge < -0.3 is 5.73 Å². The van der Waals surface area contributed by atoms with E-state index in [9.17, 15) is 19.3 Å². The standard InChI is InChI=1S/C9H9FN2O3/c1-5-2-8(12(14)15)7(10)3-6(5)4-9(11)13/h2-3H,4H2,1H3,(H2,11,13).